The van der Waals surface area contributed by atoms with E-state index in [1.54, 1.807) is 0 Å². The fourth-order valence-corrected chi connectivity index (χ4v) is 2.08. The maximum absolute atomic E-state index is 8.00. The minimum Gasteiger partial charge on any atom is -0.379 e. The molecular weight excluding hydrogens is 192 g/mol. The van der Waals surface area contributed by atoms with Crippen molar-refractivity contribution in [3.05, 3.63) is 0 Å². The van der Waals surface area contributed by atoms with Crippen molar-refractivity contribution in [1.29, 1.82) is 0 Å². The second-order valence-corrected chi connectivity index (χ2v) is 3.79. The summed E-state index contributed by atoms with van der Waals surface area (Å²) in [4.78, 5) is 8.00. The highest BCUT2D eigenvalue weighted by Crippen LogP contribution is 2.35. The molecule has 0 radical (unpaired) electrons. The van der Waals surface area contributed by atoms with Gasteiger partial charge in [-0.15, -0.1) is 0 Å². The van der Waals surface area contributed by atoms with Crippen LogP contribution in [0.25, 0.3) is 0 Å². The summed E-state index contributed by atoms with van der Waals surface area (Å²) in [7, 11) is 0. The van der Waals surface area contributed by atoms with Crippen LogP contribution in [0.4, 0.5) is 0 Å². The van der Waals surface area contributed by atoms with Crippen LogP contribution in [0, 0.1) is 0 Å². The van der Waals surface area contributed by atoms with Gasteiger partial charge in [0, 0.05) is 6.61 Å². The predicted molar refractivity (Wildman–Crippen MR) is 61.1 cm³/mol. The quantitative estimate of drug-likeness (QED) is 0.640. The molecule has 1 saturated carbocycles. The van der Waals surface area contributed by atoms with Gasteiger partial charge in [0.2, 0.25) is 0 Å². The molecule has 0 N–H and O–H groups in total. The van der Waals surface area contributed by atoms with Crippen molar-refractivity contribution in [1.82, 2.24) is 0 Å². The molecule has 0 amide bonds. The molecule has 0 aromatic heterocycles. The summed E-state index contributed by atoms with van der Waals surface area (Å²) in [5, 5.41) is 0. The Bertz CT molecular complexity index is 142. The van der Waals surface area contributed by atoms with Gasteiger partial charge in [-0.3, -0.25) is 0 Å². The Morgan fingerprint density at radius 2 is 1.73 bits per heavy atom. The molecule has 0 aromatic rings. The fourth-order valence-electron chi connectivity index (χ4n) is 2.08. The highest BCUT2D eigenvalue weighted by Gasteiger charge is 2.32. The summed E-state index contributed by atoms with van der Waals surface area (Å²) in [6.45, 7) is 8.56. The first-order valence-corrected chi connectivity index (χ1v) is 5.83. The summed E-state index contributed by atoms with van der Waals surface area (Å²) in [5.74, 6) is 0. The van der Waals surface area contributed by atoms with Crippen molar-refractivity contribution in [2.24, 2.45) is 0 Å². The first kappa shape index (κ1) is 14.6. The van der Waals surface area contributed by atoms with Crippen LogP contribution < -0.4 is 0 Å². The molecule has 0 heterocycles. The zero-order chi connectivity index (χ0) is 11.6. The second kappa shape index (κ2) is 8.86. The molecule has 0 spiro atoms. The van der Waals surface area contributed by atoms with E-state index in [0.29, 0.717) is 0 Å². The van der Waals surface area contributed by atoms with Gasteiger partial charge in [-0.2, -0.15) is 0 Å². The van der Waals surface area contributed by atoms with Crippen molar-refractivity contribution >= 4 is 6.79 Å². The van der Waals surface area contributed by atoms with Crippen molar-refractivity contribution in [3.63, 3.8) is 0 Å². The highest BCUT2D eigenvalue weighted by atomic mass is 16.5. The molecule has 1 fully saturated rings. The van der Waals surface area contributed by atoms with E-state index in [4.69, 9.17) is 14.3 Å². The van der Waals surface area contributed by atoms with Gasteiger partial charge in [-0.05, 0) is 26.2 Å². The van der Waals surface area contributed by atoms with Gasteiger partial charge >= 0.3 is 0 Å². The van der Waals surface area contributed by atoms with Gasteiger partial charge in [0.1, 0.15) is 6.79 Å². The Morgan fingerprint density at radius 1 is 1.13 bits per heavy atom. The number of rotatable bonds is 6. The fraction of sp³-hybridized carbons (Fsp3) is 0.917. The van der Waals surface area contributed by atoms with E-state index >= 15 is 0 Å². The molecule has 0 aliphatic heterocycles. The molecule has 1 aliphatic rings. The minimum absolute atomic E-state index is 0.205. The van der Waals surface area contributed by atoms with E-state index < -0.39 is 0 Å². The Hall–Kier alpha value is -0.410. The molecule has 3 heteroatoms. The Balaban J connectivity index is 0.000000921. The summed E-state index contributed by atoms with van der Waals surface area (Å²) < 4.78 is 11.2. The molecule has 0 saturated heterocycles. The zero-order valence-electron chi connectivity index (χ0n) is 10.1. The van der Waals surface area contributed by atoms with Crippen LogP contribution in [0.2, 0.25) is 0 Å². The largest absolute Gasteiger partial charge is 0.379 e. The van der Waals surface area contributed by atoms with E-state index in [0.717, 1.165) is 26.2 Å². The van der Waals surface area contributed by atoms with Crippen LogP contribution in [0.1, 0.15) is 46.0 Å². The molecule has 0 bridgehead atoms. The van der Waals surface area contributed by atoms with Crippen molar-refractivity contribution in [2.75, 3.05) is 19.8 Å². The smallest absolute Gasteiger partial charge is 0.106 e. The minimum atomic E-state index is 0.205. The summed E-state index contributed by atoms with van der Waals surface area (Å²) in [6, 6.07) is 0. The predicted octanol–water partition coefficient (Wildman–Crippen LogP) is 2.58. The van der Waals surface area contributed by atoms with Crippen molar-refractivity contribution in [2.45, 2.75) is 51.6 Å². The van der Waals surface area contributed by atoms with E-state index in [2.05, 4.69) is 6.92 Å². The van der Waals surface area contributed by atoms with Gasteiger partial charge in [0.25, 0.3) is 0 Å². The lowest BCUT2D eigenvalue weighted by atomic mass is 9.99. The molecule has 0 aromatic carbocycles. The van der Waals surface area contributed by atoms with Crippen LogP contribution in [0.5, 0.6) is 0 Å². The van der Waals surface area contributed by atoms with Crippen molar-refractivity contribution in [3.8, 4) is 0 Å². The maximum Gasteiger partial charge on any atom is 0.106 e. The number of carbonyl (C=O) groups excluding carboxylic acids is 1. The van der Waals surface area contributed by atoms with E-state index in [-0.39, 0.29) is 5.60 Å². The van der Waals surface area contributed by atoms with Gasteiger partial charge in [-0.1, -0.05) is 19.8 Å². The standard InChI is InChI=1S/C11H22O2.CH2O/c1-3-11(7-5-6-8-11)13-10-9-12-4-2;1-2/h3-10H2,1-2H3;1H2. The summed E-state index contributed by atoms with van der Waals surface area (Å²) in [5.41, 5.74) is 0.205. The second-order valence-electron chi connectivity index (χ2n) is 3.79. The lowest BCUT2D eigenvalue weighted by Gasteiger charge is -2.27. The van der Waals surface area contributed by atoms with E-state index in [1.807, 2.05) is 13.7 Å². The van der Waals surface area contributed by atoms with Crippen molar-refractivity contribution < 1.29 is 14.3 Å². The first-order chi connectivity index (χ1) is 7.33. The maximum atomic E-state index is 8.00. The third-order valence-corrected chi connectivity index (χ3v) is 3.00. The molecule has 1 aliphatic carbocycles. The number of carbonyl (C=O) groups is 1. The third kappa shape index (κ3) is 5.28. The van der Waals surface area contributed by atoms with Crippen LogP contribution in [-0.2, 0) is 14.3 Å². The molecule has 0 unspecified atom stereocenters. The summed E-state index contributed by atoms with van der Waals surface area (Å²) in [6.07, 6.45) is 6.31. The van der Waals surface area contributed by atoms with Gasteiger partial charge in [-0.25, -0.2) is 0 Å². The molecular formula is C12H24O3. The average molecular weight is 216 g/mol. The lowest BCUT2D eigenvalue weighted by Crippen LogP contribution is -2.29. The van der Waals surface area contributed by atoms with Crippen LogP contribution in [0.15, 0.2) is 0 Å². The van der Waals surface area contributed by atoms with Gasteiger partial charge < -0.3 is 14.3 Å². The summed E-state index contributed by atoms with van der Waals surface area (Å²) >= 11 is 0. The number of hydrogen-bond donors (Lipinski definition) is 0. The van der Waals surface area contributed by atoms with Gasteiger partial charge in [0.15, 0.2) is 0 Å². The van der Waals surface area contributed by atoms with Crippen LogP contribution in [-0.4, -0.2) is 32.2 Å². The Morgan fingerprint density at radius 3 is 2.20 bits per heavy atom. The topological polar surface area (TPSA) is 35.5 Å². The molecule has 0 atom stereocenters. The number of ether oxygens (including phenoxy) is 2. The molecule has 1 rings (SSSR count). The first-order valence-electron chi connectivity index (χ1n) is 5.83. The zero-order valence-corrected chi connectivity index (χ0v) is 10.1. The van der Waals surface area contributed by atoms with Gasteiger partial charge in [0.05, 0.1) is 18.8 Å². The monoisotopic (exact) mass is 216 g/mol. The lowest BCUT2D eigenvalue weighted by molar-refractivity contribution is -0.0979. The molecule has 3 nitrogen and oxygen atoms in total. The average Bonchev–Trinajstić information content (AvgIpc) is 2.77. The molecule has 90 valence electrons. The van der Waals surface area contributed by atoms with E-state index in [1.165, 1.54) is 25.7 Å². The third-order valence-electron chi connectivity index (χ3n) is 3.00. The van der Waals surface area contributed by atoms with Crippen LogP contribution in [0.3, 0.4) is 0 Å². The van der Waals surface area contributed by atoms with Crippen LogP contribution >= 0.6 is 0 Å². The Labute approximate surface area is 93.1 Å². The highest BCUT2D eigenvalue weighted by molar-refractivity contribution is 5.10. The Kier molecular flexibility index (Phi) is 8.62. The molecule has 15 heavy (non-hydrogen) atoms. The SMILES string of the molecule is C=O.CCOCCOC1(CC)CCCC1. The number of hydrogen-bond acceptors (Lipinski definition) is 3. The van der Waals surface area contributed by atoms with E-state index in [9.17, 15) is 0 Å². The normalized spacial score (nSPS) is 18.3.